The second-order valence-electron chi connectivity index (χ2n) is 5.97. The van der Waals surface area contributed by atoms with E-state index in [1.54, 1.807) is 29.9 Å². The van der Waals surface area contributed by atoms with Crippen LogP contribution in [0.3, 0.4) is 0 Å². The van der Waals surface area contributed by atoms with Crippen molar-refractivity contribution in [1.29, 1.82) is 0 Å². The number of halogens is 1. The van der Waals surface area contributed by atoms with Gasteiger partial charge in [-0.3, -0.25) is 9.36 Å². The van der Waals surface area contributed by atoms with Gasteiger partial charge in [-0.05, 0) is 36.8 Å². The molecule has 0 aliphatic carbocycles. The molecule has 2 aromatic carbocycles. The number of ether oxygens (including phenoxy) is 2. The first kappa shape index (κ1) is 19.7. The standard InChI is InChI=1S/C20H21ClN2O3S/c1-14-5-3-4-6-18(14)26-11-12-27-20-22-17-13-15(21)7-8-16(17)19(24)23(20)9-10-25-2/h3-8,13H,9-12H2,1-2H3. The van der Waals surface area contributed by atoms with Crippen molar-refractivity contribution in [1.82, 2.24) is 9.55 Å². The van der Waals surface area contributed by atoms with Gasteiger partial charge < -0.3 is 9.47 Å². The number of benzene rings is 2. The van der Waals surface area contributed by atoms with Crippen LogP contribution in [-0.4, -0.2) is 35.6 Å². The molecule has 0 saturated carbocycles. The fourth-order valence-corrected chi connectivity index (χ4v) is 3.68. The fourth-order valence-electron chi connectivity index (χ4n) is 2.67. The summed E-state index contributed by atoms with van der Waals surface area (Å²) in [4.78, 5) is 17.5. The quantitative estimate of drug-likeness (QED) is 0.320. The van der Waals surface area contributed by atoms with E-state index in [0.717, 1.165) is 11.3 Å². The molecule has 0 aliphatic rings. The summed E-state index contributed by atoms with van der Waals surface area (Å²) in [6, 6.07) is 13.0. The first-order valence-electron chi connectivity index (χ1n) is 8.60. The van der Waals surface area contributed by atoms with Crippen LogP contribution in [0.1, 0.15) is 5.56 Å². The lowest BCUT2D eigenvalue weighted by Crippen LogP contribution is -2.25. The predicted octanol–water partition coefficient (Wildman–Crippen LogP) is 4.18. The zero-order valence-electron chi connectivity index (χ0n) is 15.3. The summed E-state index contributed by atoms with van der Waals surface area (Å²) >= 11 is 7.55. The van der Waals surface area contributed by atoms with Crippen molar-refractivity contribution < 1.29 is 9.47 Å². The van der Waals surface area contributed by atoms with Crippen LogP contribution in [0.25, 0.3) is 10.9 Å². The topological polar surface area (TPSA) is 53.4 Å². The number of fused-ring (bicyclic) bond motifs is 1. The number of thioether (sulfide) groups is 1. The van der Waals surface area contributed by atoms with Crippen LogP contribution < -0.4 is 10.3 Å². The molecule has 0 amide bonds. The smallest absolute Gasteiger partial charge is 0.262 e. The van der Waals surface area contributed by atoms with Gasteiger partial charge in [0.15, 0.2) is 5.16 Å². The lowest BCUT2D eigenvalue weighted by molar-refractivity contribution is 0.183. The molecule has 5 nitrogen and oxygen atoms in total. The number of nitrogens with zero attached hydrogens (tertiary/aromatic N) is 2. The second kappa shape index (κ2) is 9.26. The zero-order chi connectivity index (χ0) is 19.2. The number of para-hydroxylation sites is 1. The molecule has 1 heterocycles. The monoisotopic (exact) mass is 404 g/mol. The Morgan fingerprint density at radius 3 is 2.78 bits per heavy atom. The Bertz CT molecular complexity index is 991. The predicted molar refractivity (Wildman–Crippen MR) is 110 cm³/mol. The highest BCUT2D eigenvalue weighted by Crippen LogP contribution is 2.21. The van der Waals surface area contributed by atoms with Crippen LogP contribution in [0.5, 0.6) is 5.75 Å². The van der Waals surface area contributed by atoms with Crippen LogP contribution in [-0.2, 0) is 11.3 Å². The van der Waals surface area contributed by atoms with Crippen LogP contribution in [0, 0.1) is 6.92 Å². The van der Waals surface area contributed by atoms with Crippen molar-refractivity contribution in [3.63, 3.8) is 0 Å². The summed E-state index contributed by atoms with van der Waals surface area (Å²) in [7, 11) is 1.61. The Labute approximate surface area is 167 Å². The van der Waals surface area contributed by atoms with Crippen LogP contribution >= 0.6 is 23.4 Å². The minimum absolute atomic E-state index is 0.0870. The molecule has 0 aliphatic heterocycles. The highest BCUT2D eigenvalue weighted by atomic mass is 35.5. The van der Waals surface area contributed by atoms with Gasteiger partial charge in [0, 0.05) is 17.9 Å². The normalized spacial score (nSPS) is 11.1. The van der Waals surface area contributed by atoms with Gasteiger partial charge in [0.25, 0.3) is 5.56 Å². The lowest BCUT2D eigenvalue weighted by atomic mass is 10.2. The molecule has 3 aromatic rings. The molecule has 0 unspecified atom stereocenters. The first-order valence-corrected chi connectivity index (χ1v) is 9.97. The molecular weight excluding hydrogens is 384 g/mol. The zero-order valence-corrected chi connectivity index (χ0v) is 16.8. The Morgan fingerprint density at radius 1 is 1.19 bits per heavy atom. The molecule has 0 fully saturated rings. The van der Waals surface area contributed by atoms with Crippen LogP contribution in [0.15, 0.2) is 52.4 Å². The molecule has 0 atom stereocenters. The van der Waals surface area contributed by atoms with E-state index >= 15 is 0 Å². The van der Waals surface area contributed by atoms with Crippen molar-refractivity contribution in [2.45, 2.75) is 18.6 Å². The minimum Gasteiger partial charge on any atom is -0.492 e. The molecule has 3 rings (SSSR count). The number of aromatic nitrogens is 2. The largest absolute Gasteiger partial charge is 0.492 e. The fraction of sp³-hybridized carbons (Fsp3) is 0.300. The molecule has 142 valence electrons. The van der Waals surface area contributed by atoms with Crippen molar-refractivity contribution >= 4 is 34.3 Å². The molecule has 7 heteroatoms. The van der Waals surface area contributed by atoms with Crippen LogP contribution in [0.2, 0.25) is 5.02 Å². The Hall–Kier alpha value is -2.02. The SMILES string of the molecule is COCCn1c(SCCOc2ccccc2C)nc2cc(Cl)ccc2c1=O. The number of hydrogen-bond donors (Lipinski definition) is 0. The van der Waals surface area contributed by atoms with E-state index in [4.69, 9.17) is 21.1 Å². The maximum absolute atomic E-state index is 12.8. The van der Waals surface area contributed by atoms with Gasteiger partial charge in [0.2, 0.25) is 0 Å². The average molecular weight is 405 g/mol. The molecule has 0 saturated heterocycles. The third kappa shape index (κ3) is 4.83. The van der Waals surface area contributed by atoms with Gasteiger partial charge in [-0.15, -0.1) is 0 Å². The molecule has 27 heavy (non-hydrogen) atoms. The summed E-state index contributed by atoms with van der Waals surface area (Å²) in [5, 5.41) is 1.75. The molecule has 0 N–H and O–H groups in total. The average Bonchev–Trinajstić information content (AvgIpc) is 2.66. The summed E-state index contributed by atoms with van der Waals surface area (Å²) in [6.45, 7) is 3.42. The maximum atomic E-state index is 12.8. The van der Waals surface area contributed by atoms with Crippen LogP contribution in [0.4, 0.5) is 0 Å². The van der Waals surface area contributed by atoms with Gasteiger partial charge in [0.05, 0.1) is 30.7 Å². The molecular formula is C20H21ClN2O3S. The van der Waals surface area contributed by atoms with Crippen molar-refractivity contribution in [3.8, 4) is 5.75 Å². The molecule has 0 radical (unpaired) electrons. The highest BCUT2D eigenvalue weighted by molar-refractivity contribution is 7.99. The van der Waals surface area contributed by atoms with Crippen molar-refractivity contribution in [3.05, 3.63) is 63.4 Å². The van der Waals surface area contributed by atoms with Crippen molar-refractivity contribution in [2.24, 2.45) is 0 Å². The highest BCUT2D eigenvalue weighted by Gasteiger charge is 2.12. The minimum atomic E-state index is -0.0870. The summed E-state index contributed by atoms with van der Waals surface area (Å²) in [6.07, 6.45) is 0. The van der Waals surface area contributed by atoms with E-state index in [9.17, 15) is 4.79 Å². The summed E-state index contributed by atoms with van der Waals surface area (Å²) in [5.41, 5.74) is 1.61. The van der Waals surface area contributed by atoms with E-state index < -0.39 is 0 Å². The van der Waals surface area contributed by atoms with Gasteiger partial charge in [-0.1, -0.05) is 41.6 Å². The third-order valence-corrected chi connectivity index (χ3v) is 5.24. The number of aryl methyl sites for hydroxylation is 1. The van der Waals surface area contributed by atoms with E-state index in [-0.39, 0.29) is 5.56 Å². The first-order chi connectivity index (χ1) is 13.1. The number of hydrogen-bond acceptors (Lipinski definition) is 5. The molecule has 1 aromatic heterocycles. The second-order valence-corrected chi connectivity index (χ2v) is 7.47. The Kier molecular flexibility index (Phi) is 6.77. The van der Waals surface area contributed by atoms with E-state index in [1.807, 2.05) is 31.2 Å². The number of rotatable bonds is 8. The maximum Gasteiger partial charge on any atom is 0.262 e. The molecule has 0 bridgehead atoms. The van der Waals surface area contributed by atoms with E-state index in [2.05, 4.69) is 4.98 Å². The van der Waals surface area contributed by atoms with Gasteiger partial charge in [-0.2, -0.15) is 0 Å². The van der Waals surface area contributed by atoms with Gasteiger partial charge >= 0.3 is 0 Å². The molecule has 0 spiro atoms. The number of methoxy groups -OCH3 is 1. The van der Waals surface area contributed by atoms with E-state index in [1.165, 1.54) is 11.8 Å². The summed E-state index contributed by atoms with van der Waals surface area (Å²) in [5.74, 6) is 1.54. The van der Waals surface area contributed by atoms with Gasteiger partial charge in [0.1, 0.15) is 5.75 Å². The Balaban J connectivity index is 1.79. The van der Waals surface area contributed by atoms with E-state index in [0.29, 0.717) is 46.6 Å². The third-order valence-electron chi connectivity index (χ3n) is 4.07. The van der Waals surface area contributed by atoms with Gasteiger partial charge in [-0.25, -0.2) is 4.98 Å². The summed E-state index contributed by atoms with van der Waals surface area (Å²) < 4.78 is 12.6. The Morgan fingerprint density at radius 2 is 2.00 bits per heavy atom. The van der Waals surface area contributed by atoms with Crippen molar-refractivity contribution in [2.75, 3.05) is 26.1 Å². The lowest BCUT2D eigenvalue weighted by Gasteiger charge is -2.13.